The molecule has 0 aromatic heterocycles. The Morgan fingerprint density at radius 2 is 1.25 bits per heavy atom. The van der Waals surface area contributed by atoms with Crippen molar-refractivity contribution >= 4 is 41.1 Å². The highest BCUT2D eigenvalue weighted by Crippen LogP contribution is 2.30. The molecule has 6 amide bonds. The van der Waals surface area contributed by atoms with Crippen LogP contribution in [0.4, 0.5) is 5.69 Å². The molecule has 71 heavy (non-hydrogen) atoms. The van der Waals surface area contributed by atoms with Gasteiger partial charge in [0.2, 0.25) is 35.4 Å². The molecule has 16 heteroatoms. The zero-order chi connectivity index (χ0) is 51.6. The third-order valence-corrected chi connectivity index (χ3v) is 12.9. The maximum Gasteiger partial charge on any atom is 0.247 e. The molecule has 1 aliphatic rings. The van der Waals surface area contributed by atoms with Gasteiger partial charge in [0.05, 0.1) is 45.1 Å². The Hall–Kier alpha value is -6.94. The molecule has 0 saturated carbocycles. The van der Waals surface area contributed by atoms with E-state index in [0.717, 1.165) is 36.0 Å². The number of amides is 6. The van der Waals surface area contributed by atoms with Crippen molar-refractivity contribution in [3.05, 3.63) is 114 Å². The lowest BCUT2D eigenvalue weighted by Crippen LogP contribution is -2.57. The average molecular weight is 977 g/mol. The second-order valence-electron chi connectivity index (χ2n) is 18.0. The standard InChI is InChI=1S/C55H72N6O10/c1-10-12-18-38(3)59-34-54(66)60(41(6)43-25-23-42(11-2)24-26-43)35-52(64)58(39(4)37-68-7)32-50(62)56-40(5)55(67)57(28-27-44-19-16-17-22-49(44)71-46-20-14-13-15-21-46)33-51(63)61(36-53(59)65)45-29-47(69-8)31-48(30-45)70-9/h13-17,19-26,29-31,38-41H,10-12,18,27-28,32-37H2,1-9H3,(H,56,62)/t38-,39+,40-,41+/m1/s1. The van der Waals surface area contributed by atoms with Crippen molar-refractivity contribution in [3.63, 3.8) is 0 Å². The van der Waals surface area contributed by atoms with E-state index in [0.29, 0.717) is 29.4 Å². The summed E-state index contributed by atoms with van der Waals surface area (Å²) in [6.45, 7) is 8.74. The van der Waals surface area contributed by atoms with E-state index in [1.165, 1.54) is 52.8 Å². The molecular weight excluding hydrogens is 905 g/mol. The van der Waals surface area contributed by atoms with Gasteiger partial charge in [0, 0.05) is 37.9 Å². The second-order valence-corrected chi connectivity index (χ2v) is 18.0. The first-order valence-corrected chi connectivity index (χ1v) is 24.5. The highest BCUT2D eigenvalue weighted by atomic mass is 16.5. The van der Waals surface area contributed by atoms with Gasteiger partial charge < -0.3 is 48.8 Å². The van der Waals surface area contributed by atoms with Crippen molar-refractivity contribution in [2.75, 3.05) is 72.1 Å². The fourth-order valence-electron chi connectivity index (χ4n) is 8.56. The van der Waals surface area contributed by atoms with Crippen molar-refractivity contribution < 1.29 is 47.7 Å². The summed E-state index contributed by atoms with van der Waals surface area (Å²) < 4.78 is 22.9. The van der Waals surface area contributed by atoms with Gasteiger partial charge in [-0.2, -0.15) is 0 Å². The van der Waals surface area contributed by atoms with Crippen LogP contribution in [0.15, 0.2) is 97.1 Å². The number of carbonyl (C=O) groups is 6. The molecule has 1 saturated heterocycles. The zero-order valence-corrected chi connectivity index (χ0v) is 42.9. The van der Waals surface area contributed by atoms with Crippen molar-refractivity contribution in [1.29, 1.82) is 0 Å². The largest absolute Gasteiger partial charge is 0.497 e. The molecule has 4 aromatic carbocycles. The third-order valence-electron chi connectivity index (χ3n) is 12.9. The quantitative estimate of drug-likeness (QED) is 0.112. The monoisotopic (exact) mass is 977 g/mol. The van der Waals surface area contributed by atoms with Crippen molar-refractivity contribution in [3.8, 4) is 23.0 Å². The van der Waals surface area contributed by atoms with Crippen LogP contribution in [0.2, 0.25) is 0 Å². The fourth-order valence-corrected chi connectivity index (χ4v) is 8.56. The van der Waals surface area contributed by atoms with Crippen LogP contribution in [0.25, 0.3) is 0 Å². The Morgan fingerprint density at radius 1 is 0.648 bits per heavy atom. The average Bonchev–Trinajstić information content (AvgIpc) is 3.38. The number of aryl methyl sites for hydroxylation is 1. The van der Waals surface area contributed by atoms with Crippen molar-refractivity contribution in [1.82, 2.24) is 24.9 Å². The number of nitrogens with one attached hydrogen (secondary N) is 1. The summed E-state index contributed by atoms with van der Waals surface area (Å²) in [5, 5.41) is 2.77. The van der Waals surface area contributed by atoms with Gasteiger partial charge in [-0.05, 0) is 81.8 Å². The number of hydrogen-bond acceptors (Lipinski definition) is 10. The van der Waals surface area contributed by atoms with E-state index < -0.39 is 92.3 Å². The maximum absolute atomic E-state index is 15.1. The van der Waals surface area contributed by atoms with E-state index in [1.54, 1.807) is 25.1 Å². The van der Waals surface area contributed by atoms with Gasteiger partial charge in [0.15, 0.2) is 0 Å². The molecule has 4 atom stereocenters. The molecule has 1 heterocycles. The maximum atomic E-state index is 15.1. The highest BCUT2D eigenvalue weighted by Gasteiger charge is 2.35. The van der Waals surface area contributed by atoms with Crippen LogP contribution in [-0.4, -0.2) is 140 Å². The van der Waals surface area contributed by atoms with E-state index in [1.807, 2.05) is 107 Å². The Bertz CT molecular complexity index is 2390. The number of benzene rings is 4. The minimum absolute atomic E-state index is 0.00250. The number of para-hydroxylation sites is 2. The van der Waals surface area contributed by atoms with Gasteiger partial charge in [-0.15, -0.1) is 0 Å². The number of unbranched alkanes of at least 4 members (excludes halogenated alkanes) is 1. The van der Waals surface area contributed by atoms with Gasteiger partial charge in [-0.25, -0.2) is 0 Å². The van der Waals surface area contributed by atoms with Crippen molar-refractivity contribution in [2.24, 2.45) is 0 Å². The number of ether oxygens (including phenoxy) is 4. The van der Waals surface area contributed by atoms with E-state index in [4.69, 9.17) is 18.9 Å². The first-order chi connectivity index (χ1) is 34.1. The predicted molar refractivity (Wildman–Crippen MR) is 272 cm³/mol. The minimum atomic E-state index is -1.18. The zero-order valence-electron chi connectivity index (χ0n) is 42.9. The summed E-state index contributed by atoms with van der Waals surface area (Å²) in [5.41, 5.74) is 2.86. The molecular formula is C55H72N6O10. The number of rotatable bonds is 18. The Balaban J connectivity index is 1.63. The van der Waals surface area contributed by atoms with Gasteiger partial charge in [-0.1, -0.05) is 87.4 Å². The van der Waals surface area contributed by atoms with E-state index in [2.05, 4.69) is 5.32 Å². The number of carbonyl (C=O) groups excluding carboxylic acids is 6. The van der Waals surface area contributed by atoms with Gasteiger partial charge >= 0.3 is 0 Å². The number of methoxy groups -OCH3 is 3. The second kappa shape index (κ2) is 26.9. The van der Waals surface area contributed by atoms with E-state index in [9.17, 15) is 14.4 Å². The van der Waals surface area contributed by atoms with Crippen LogP contribution in [0, 0.1) is 0 Å². The molecule has 0 radical (unpaired) electrons. The Labute approximate surface area is 419 Å². The van der Waals surface area contributed by atoms with Crippen LogP contribution in [0.3, 0.4) is 0 Å². The van der Waals surface area contributed by atoms with Crippen LogP contribution < -0.4 is 24.4 Å². The molecule has 0 aliphatic carbocycles. The summed E-state index contributed by atoms with van der Waals surface area (Å²) in [4.78, 5) is 95.5. The lowest BCUT2D eigenvalue weighted by Gasteiger charge is -2.37. The third kappa shape index (κ3) is 15.3. The molecule has 0 unspecified atom stereocenters. The SMILES string of the molecule is CCCC[C@@H](C)N1CC(=O)N([C@@H](C)c2ccc(CC)cc2)CC(=O)N([C@@H](C)COC)CC(=O)N[C@H](C)C(=O)N(CCc2ccccc2Oc2ccccc2)CC(=O)N(c2cc(OC)cc(OC)c2)CC1=O. The van der Waals surface area contributed by atoms with Gasteiger partial charge in [0.25, 0.3) is 0 Å². The fraction of sp³-hybridized carbons (Fsp3) is 0.455. The number of nitrogens with zero attached hydrogens (tertiary/aromatic N) is 5. The van der Waals surface area contributed by atoms with Crippen LogP contribution >= 0.6 is 0 Å². The molecule has 1 aliphatic heterocycles. The summed E-state index contributed by atoms with van der Waals surface area (Å²) >= 11 is 0. The summed E-state index contributed by atoms with van der Waals surface area (Å²) in [6, 6.07) is 26.4. The van der Waals surface area contributed by atoms with E-state index >= 15 is 14.4 Å². The molecule has 1 fully saturated rings. The minimum Gasteiger partial charge on any atom is -0.497 e. The number of hydrogen-bond donors (Lipinski definition) is 1. The highest BCUT2D eigenvalue weighted by molar-refractivity contribution is 6.02. The molecule has 4 aromatic rings. The molecule has 5 rings (SSSR count). The summed E-state index contributed by atoms with van der Waals surface area (Å²) in [6.07, 6.45) is 3.18. The Morgan fingerprint density at radius 3 is 1.89 bits per heavy atom. The van der Waals surface area contributed by atoms with Crippen LogP contribution in [-0.2, 0) is 46.3 Å². The summed E-state index contributed by atoms with van der Waals surface area (Å²) in [7, 11) is 4.42. The lowest BCUT2D eigenvalue weighted by molar-refractivity contribution is -0.149. The predicted octanol–water partition coefficient (Wildman–Crippen LogP) is 6.84. The van der Waals surface area contributed by atoms with Crippen LogP contribution in [0.5, 0.6) is 23.0 Å². The smallest absolute Gasteiger partial charge is 0.247 e. The number of anilines is 1. The topological polar surface area (TPSA) is 168 Å². The first kappa shape index (κ1) is 55.0. The lowest BCUT2D eigenvalue weighted by atomic mass is 10.0. The first-order valence-electron chi connectivity index (χ1n) is 24.5. The van der Waals surface area contributed by atoms with Gasteiger partial charge in [0.1, 0.15) is 55.2 Å². The molecule has 0 spiro atoms. The van der Waals surface area contributed by atoms with Gasteiger partial charge in [-0.3, -0.25) is 28.8 Å². The summed E-state index contributed by atoms with van der Waals surface area (Å²) in [5.74, 6) is -1.56. The molecule has 1 N–H and O–H groups in total. The normalized spacial score (nSPS) is 17.4. The van der Waals surface area contributed by atoms with Crippen molar-refractivity contribution in [2.45, 2.75) is 97.8 Å². The Kier molecular flexibility index (Phi) is 20.8. The molecule has 16 nitrogen and oxygen atoms in total. The molecule has 0 bridgehead atoms. The van der Waals surface area contributed by atoms with E-state index in [-0.39, 0.29) is 25.3 Å². The van der Waals surface area contributed by atoms with Crippen LogP contribution in [0.1, 0.15) is 83.5 Å². The molecule has 382 valence electrons.